The number of rotatable bonds is 14. The number of para-hydroxylation sites is 2. The number of nitrogens with zero attached hydrogens (tertiary/aromatic N) is 6. The second kappa shape index (κ2) is 21.9. The van der Waals surface area contributed by atoms with E-state index in [9.17, 15) is 24.3 Å². The third-order valence-corrected chi connectivity index (χ3v) is 19.4. The van der Waals surface area contributed by atoms with E-state index in [0.717, 1.165) is 33.6 Å². The van der Waals surface area contributed by atoms with Crippen LogP contribution in [-0.2, 0) is 36.7 Å². The zero-order chi connectivity index (χ0) is 53.3. The number of carbonyl (C=O) groups is 4. The topological polar surface area (TPSA) is 183 Å². The molecule has 10 aromatic rings. The van der Waals surface area contributed by atoms with Crippen LogP contribution >= 0.6 is 0 Å². The Kier molecular flexibility index (Phi) is 14.7. The van der Waals surface area contributed by atoms with Crippen molar-refractivity contribution in [3.8, 4) is 0 Å². The third kappa shape index (κ3) is 9.41. The maximum atomic E-state index is 13.4. The quantitative estimate of drug-likeness (QED) is 0.0539. The standard InChI is InChI=1S/C39H36N4O3Si.C23H18N4O3.CH4/c1-39(2,3)47(28-16-6-4-7-17-28,29-18-8-5-9-19-29)46-25-13-24-43-26-32(30-21-12-23-41-36(30)43)34-33(37(44)42-38(34)45)31-20-10-14-27-15-11-22-40-35(27)31;28-12-4-11-27-13-17(15-8-3-10-25-21(15)27)19-18(22(29)26-23(19)30)16-7-1-5-14-6-2-9-24-20(14)16;/h4-12,14-23,26H,13,24-25H2,1-3H3,(H,42,44,45);1-3,5-10,13,28H,4,11-12H2,(H,26,29,30);1H4. The van der Waals surface area contributed by atoms with E-state index in [1.165, 1.54) is 10.4 Å². The number of nitrogens with one attached hydrogen (secondary N) is 2. The van der Waals surface area contributed by atoms with Crippen molar-refractivity contribution in [2.75, 3.05) is 13.2 Å². The van der Waals surface area contributed by atoms with Crippen molar-refractivity contribution in [2.45, 2.75) is 59.2 Å². The first kappa shape index (κ1) is 52.4. The van der Waals surface area contributed by atoms with Crippen molar-refractivity contribution >= 4 is 108 Å². The lowest BCUT2D eigenvalue weighted by Crippen LogP contribution is -2.66. The van der Waals surface area contributed by atoms with E-state index in [1.807, 2.05) is 108 Å². The molecule has 0 fully saturated rings. The molecule has 0 spiro atoms. The van der Waals surface area contributed by atoms with E-state index in [4.69, 9.17) is 9.41 Å². The summed E-state index contributed by atoms with van der Waals surface area (Å²) in [6, 6.07) is 47.6. The van der Waals surface area contributed by atoms with Gasteiger partial charge in [-0.3, -0.25) is 39.8 Å². The van der Waals surface area contributed by atoms with E-state index in [1.54, 1.807) is 30.9 Å². The van der Waals surface area contributed by atoms with Crippen LogP contribution in [0.15, 0.2) is 183 Å². The second-order valence-electron chi connectivity index (χ2n) is 20.0. The molecule has 78 heavy (non-hydrogen) atoms. The molecule has 390 valence electrons. The first-order valence-corrected chi connectivity index (χ1v) is 27.5. The number of fused-ring (bicyclic) bond motifs is 4. The number of pyridine rings is 4. The van der Waals surface area contributed by atoms with Crippen LogP contribution in [0.2, 0.25) is 5.04 Å². The zero-order valence-electron chi connectivity index (χ0n) is 42.7. The van der Waals surface area contributed by atoms with E-state index in [-0.39, 0.29) is 19.1 Å². The number of aliphatic hydroxyl groups excluding tert-OH is 1. The maximum absolute atomic E-state index is 13.4. The van der Waals surface area contributed by atoms with Crippen LogP contribution < -0.4 is 21.0 Å². The van der Waals surface area contributed by atoms with Crippen LogP contribution in [0.3, 0.4) is 0 Å². The molecule has 0 unspecified atom stereocenters. The predicted molar refractivity (Wildman–Crippen MR) is 310 cm³/mol. The van der Waals surface area contributed by atoms with Crippen LogP contribution in [0.1, 0.15) is 63.3 Å². The molecule has 2 aliphatic heterocycles. The van der Waals surface area contributed by atoms with Crippen LogP contribution in [0.25, 0.3) is 66.2 Å². The van der Waals surface area contributed by atoms with Crippen molar-refractivity contribution < 1.29 is 28.7 Å². The fourth-order valence-corrected chi connectivity index (χ4v) is 15.6. The predicted octanol–water partition coefficient (Wildman–Crippen LogP) is 9.29. The summed E-state index contributed by atoms with van der Waals surface area (Å²) in [4.78, 5) is 70.7. The molecular weight excluding hydrogens is 993 g/mol. The largest absolute Gasteiger partial charge is 0.407 e. The molecule has 4 aromatic carbocycles. The highest BCUT2D eigenvalue weighted by atomic mass is 28.4. The van der Waals surface area contributed by atoms with Gasteiger partial charge < -0.3 is 18.7 Å². The number of carbonyl (C=O) groups excluding carboxylic acids is 4. The number of benzene rings is 4. The number of aromatic nitrogens is 6. The minimum Gasteiger partial charge on any atom is -0.407 e. The normalized spacial score (nSPS) is 13.8. The van der Waals surface area contributed by atoms with E-state index in [0.29, 0.717) is 87.3 Å². The summed E-state index contributed by atoms with van der Waals surface area (Å²) in [6.07, 6.45) is 11.9. The SMILES string of the molecule is C.CC(C)(C)[Si](OCCCn1cc(C2=C(c3cccc4cccnc34)C(=O)NC2=O)c2cccnc21)(c1ccccc1)c1ccccc1.O=C1NC(=O)C(c2cccc3cccnc23)=C1c1cn(CCCO)c2ncccc12. The van der Waals surface area contributed by atoms with Crippen molar-refractivity contribution in [1.82, 2.24) is 39.7 Å². The number of hydrogen-bond donors (Lipinski definition) is 3. The Bertz CT molecular complexity index is 3960. The fourth-order valence-electron chi connectivity index (χ4n) is 11.0. The second-order valence-corrected chi connectivity index (χ2v) is 24.3. The molecule has 6 aromatic heterocycles. The molecule has 0 saturated heterocycles. The summed E-state index contributed by atoms with van der Waals surface area (Å²) in [7, 11) is -2.67. The summed E-state index contributed by atoms with van der Waals surface area (Å²) >= 11 is 0. The highest BCUT2D eigenvalue weighted by Crippen LogP contribution is 2.40. The molecule has 12 rings (SSSR count). The van der Waals surface area contributed by atoms with Gasteiger partial charge in [0, 0.05) is 107 Å². The van der Waals surface area contributed by atoms with Gasteiger partial charge >= 0.3 is 0 Å². The average molecular weight is 1050 g/mol. The van der Waals surface area contributed by atoms with Gasteiger partial charge in [0.2, 0.25) is 0 Å². The van der Waals surface area contributed by atoms with E-state index >= 15 is 0 Å². The van der Waals surface area contributed by atoms with Crippen molar-refractivity contribution in [2.24, 2.45) is 0 Å². The Hall–Kier alpha value is -9.02. The Balaban J connectivity index is 0.000000191. The van der Waals surface area contributed by atoms with Gasteiger partial charge in [-0.1, -0.05) is 137 Å². The summed E-state index contributed by atoms with van der Waals surface area (Å²) in [5.41, 5.74) is 6.67. The Morgan fingerprint density at radius 1 is 0.487 bits per heavy atom. The maximum Gasteiger partial charge on any atom is 0.261 e. The number of hydrogen-bond acceptors (Lipinski definition) is 10. The highest BCUT2D eigenvalue weighted by Gasteiger charge is 2.50. The number of aryl methyl sites for hydroxylation is 2. The van der Waals surface area contributed by atoms with Gasteiger partial charge in [-0.25, -0.2) is 9.97 Å². The first-order valence-electron chi connectivity index (χ1n) is 25.6. The van der Waals surface area contributed by atoms with Gasteiger partial charge in [-0.05, 0) is 64.7 Å². The van der Waals surface area contributed by atoms with E-state index in [2.05, 4.69) is 99.5 Å². The van der Waals surface area contributed by atoms with Gasteiger partial charge in [0.25, 0.3) is 31.9 Å². The molecule has 14 nitrogen and oxygen atoms in total. The Morgan fingerprint density at radius 3 is 1.32 bits per heavy atom. The van der Waals surface area contributed by atoms with Crippen LogP contribution in [0, 0.1) is 0 Å². The van der Waals surface area contributed by atoms with Crippen LogP contribution in [-0.4, -0.2) is 79.3 Å². The lowest BCUT2D eigenvalue weighted by Gasteiger charge is -2.43. The van der Waals surface area contributed by atoms with Gasteiger partial charge in [0.15, 0.2) is 0 Å². The van der Waals surface area contributed by atoms with Crippen molar-refractivity contribution in [3.05, 3.63) is 205 Å². The molecule has 4 amide bonds. The monoisotopic (exact) mass is 1050 g/mol. The molecule has 8 heterocycles. The molecule has 0 saturated carbocycles. The van der Waals surface area contributed by atoms with Crippen molar-refractivity contribution in [3.63, 3.8) is 0 Å². The number of aliphatic hydroxyl groups is 1. The molecule has 2 aliphatic rings. The smallest absolute Gasteiger partial charge is 0.261 e. The summed E-state index contributed by atoms with van der Waals surface area (Å²) < 4.78 is 11.1. The summed E-state index contributed by atoms with van der Waals surface area (Å²) in [5, 5.41) is 20.0. The van der Waals surface area contributed by atoms with Gasteiger partial charge in [0.1, 0.15) is 11.3 Å². The zero-order valence-corrected chi connectivity index (χ0v) is 43.7. The minimum absolute atomic E-state index is 0. The lowest BCUT2D eigenvalue weighted by molar-refractivity contribution is -0.124. The Labute approximate surface area is 452 Å². The molecule has 0 aliphatic carbocycles. The van der Waals surface area contributed by atoms with Crippen LogP contribution in [0.5, 0.6) is 0 Å². The Morgan fingerprint density at radius 2 is 0.885 bits per heavy atom. The van der Waals surface area contributed by atoms with Gasteiger partial charge in [-0.2, -0.15) is 0 Å². The summed E-state index contributed by atoms with van der Waals surface area (Å²) in [5.74, 6) is -1.72. The van der Waals surface area contributed by atoms with Crippen molar-refractivity contribution in [1.29, 1.82) is 0 Å². The summed E-state index contributed by atoms with van der Waals surface area (Å²) in [6.45, 7) is 8.61. The molecule has 0 radical (unpaired) electrons. The van der Waals surface area contributed by atoms with Crippen LogP contribution in [0.4, 0.5) is 0 Å². The highest BCUT2D eigenvalue weighted by molar-refractivity contribution is 6.99. The molecular formula is C63H58N8O6Si. The van der Waals surface area contributed by atoms with Gasteiger partial charge in [0.05, 0.1) is 33.3 Å². The number of imide groups is 2. The molecule has 0 bridgehead atoms. The third-order valence-electron chi connectivity index (χ3n) is 14.3. The number of amides is 4. The molecule has 15 heteroatoms. The van der Waals surface area contributed by atoms with Gasteiger partial charge in [-0.15, -0.1) is 0 Å². The molecule has 3 N–H and O–H groups in total. The minimum atomic E-state index is -2.67. The fraction of sp³-hybridized carbons (Fsp3) is 0.175. The van der Waals surface area contributed by atoms with E-state index < -0.39 is 31.9 Å². The lowest BCUT2D eigenvalue weighted by atomic mass is 9.94. The molecule has 0 atom stereocenters. The average Bonchev–Trinajstić information content (AvgIpc) is 4.36. The first-order chi connectivity index (χ1) is 37.5.